The molecule has 0 unspecified atom stereocenters. The zero-order valence-corrected chi connectivity index (χ0v) is 18.3. The largest absolute Gasteiger partial charge is 0.435 e. The number of fused-ring (bicyclic) bond motifs is 3. The van der Waals surface area contributed by atoms with Crippen molar-refractivity contribution in [2.75, 3.05) is 4.90 Å². The Morgan fingerprint density at radius 2 is 1.80 bits per heavy atom. The first kappa shape index (κ1) is 18.7. The molecule has 0 bridgehead atoms. The molecule has 1 aliphatic rings. The summed E-state index contributed by atoms with van der Waals surface area (Å²) in [5.74, 6) is 1.03. The second kappa shape index (κ2) is 6.36. The average Bonchev–Trinajstić information content (AvgIpc) is 3.38. The predicted octanol–water partition coefficient (Wildman–Crippen LogP) is 5.21. The molecule has 1 atom stereocenters. The van der Waals surface area contributed by atoms with Gasteiger partial charge in [-0.05, 0) is 52.3 Å². The van der Waals surface area contributed by atoms with Crippen molar-refractivity contribution in [1.29, 1.82) is 0 Å². The Balaban J connectivity index is 1.61. The van der Waals surface area contributed by atoms with E-state index in [2.05, 4.69) is 82.6 Å². The number of benzene rings is 1. The monoisotopic (exact) mass is 401 g/mol. The second-order valence-corrected chi connectivity index (χ2v) is 8.68. The molecule has 0 saturated carbocycles. The van der Waals surface area contributed by atoms with Crippen molar-refractivity contribution in [3.05, 3.63) is 66.1 Å². The summed E-state index contributed by atoms with van der Waals surface area (Å²) in [4.78, 5) is 13.8. The highest BCUT2D eigenvalue weighted by molar-refractivity contribution is 6.08. The van der Waals surface area contributed by atoms with Crippen LogP contribution in [0.4, 0.5) is 5.69 Å². The molecule has 4 heterocycles. The fourth-order valence-electron chi connectivity index (χ4n) is 4.73. The van der Waals surface area contributed by atoms with Gasteiger partial charge in [0.15, 0.2) is 5.58 Å². The maximum Gasteiger partial charge on any atom is 0.227 e. The van der Waals surface area contributed by atoms with Gasteiger partial charge in [0, 0.05) is 48.3 Å². The maximum absolute atomic E-state index is 6.30. The van der Waals surface area contributed by atoms with Crippen LogP contribution in [0.5, 0.6) is 0 Å². The zero-order valence-electron chi connectivity index (χ0n) is 18.3. The standard InChI is InChI=1S/C24H27N5O/c1-15-7-9-18-19-10-8-16(2)26-22(19)30-21(18)20(15)28-13-14-29(17(28)3)24(4,5)23-25-11-12-27(23)6/h7-14,17H,1-6H3/t17-/m1/s1. The molecule has 0 fully saturated rings. The van der Waals surface area contributed by atoms with Gasteiger partial charge in [0.25, 0.3) is 0 Å². The molecule has 0 N–H and O–H groups in total. The van der Waals surface area contributed by atoms with Crippen LogP contribution in [0.15, 0.2) is 53.5 Å². The first-order valence-corrected chi connectivity index (χ1v) is 10.3. The van der Waals surface area contributed by atoms with E-state index in [1.807, 2.05) is 32.4 Å². The fourth-order valence-corrected chi connectivity index (χ4v) is 4.73. The summed E-state index contributed by atoms with van der Waals surface area (Å²) in [5.41, 5.74) is 4.53. The summed E-state index contributed by atoms with van der Waals surface area (Å²) < 4.78 is 8.38. The Morgan fingerprint density at radius 1 is 1.03 bits per heavy atom. The van der Waals surface area contributed by atoms with Crippen molar-refractivity contribution in [3.63, 3.8) is 0 Å². The van der Waals surface area contributed by atoms with Gasteiger partial charge in [0.2, 0.25) is 5.71 Å². The van der Waals surface area contributed by atoms with E-state index in [1.165, 1.54) is 5.56 Å². The minimum atomic E-state index is -0.267. The quantitative estimate of drug-likeness (QED) is 0.472. The number of hydrogen-bond acceptors (Lipinski definition) is 5. The molecule has 6 nitrogen and oxygen atoms in total. The number of nitrogens with zero attached hydrogens (tertiary/aromatic N) is 5. The van der Waals surface area contributed by atoms with Gasteiger partial charge in [-0.2, -0.15) is 0 Å². The minimum absolute atomic E-state index is 0.101. The highest BCUT2D eigenvalue weighted by atomic mass is 16.3. The molecule has 30 heavy (non-hydrogen) atoms. The normalized spacial score (nSPS) is 17.1. The van der Waals surface area contributed by atoms with Gasteiger partial charge in [0.05, 0.1) is 11.2 Å². The first-order valence-electron chi connectivity index (χ1n) is 10.3. The van der Waals surface area contributed by atoms with E-state index in [9.17, 15) is 0 Å². The van der Waals surface area contributed by atoms with Crippen LogP contribution in [0.25, 0.3) is 22.1 Å². The van der Waals surface area contributed by atoms with Crippen LogP contribution >= 0.6 is 0 Å². The summed E-state index contributed by atoms with van der Waals surface area (Å²) in [6.07, 6.45) is 8.25. The number of hydrogen-bond donors (Lipinski definition) is 0. The van der Waals surface area contributed by atoms with Crippen LogP contribution in [0.2, 0.25) is 0 Å². The molecule has 0 aliphatic carbocycles. The van der Waals surface area contributed by atoms with Gasteiger partial charge < -0.3 is 18.8 Å². The number of imidazole rings is 1. The summed E-state index contributed by atoms with van der Waals surface area (Å²) in [7, 11) is 2.04. The fraction of sp³-hybridized carbons (Fsp3) is 0.333. The lowest BCUT2D eigenvalue weighted by atomic mass is 10.0. The Labute approximate surface area is 176 Å². The Kier molecular flexibility index (Phi) is 3.97. The first-order chi connectivity index (χ1) is 14.3. The number of rotatable bonds is 3. The molecule has 1 aliphatic heterocycles. The summed E-state index contributed by atoms with van der Waals surface area (Å²) in [6.45, 7) is 10.8. The molecule has 154 valence electrons. The highest BCUT2D eigenvalue weighted by Gasteiger charge is 2.39. The molecule has 0 radical (unpaired) electrons. The molecule has 6 heteroatoms. The molecule has 0 amide bonds. The Bertz CT molecular complexity index is 1300. The number of furan rings is 1. The van der Waals surface area contributed by atoms with E-state index >= 15 is 0 Å². The SMILES string of the molecule is Cc1ccc2c(n1)oc1c(N3C=CN(C(C)(C)c4nccn4C)[C@@H]3C)c(C)ccc12. The van der Waals surface area contributed by atoms with Crippen molar-refractivity contribution in [3.8, 4) is 0 Å². The molecule has 0 saturated heterocycles. The van der Waals surface area contributed by atoms with E-state index in [1.54, 1.807) is 0 Å². The van der Waals surface area contributed by atoms with Crippen molar-refractivity contribution in [2.24, 2.45) is 7.05 Å². The molecular weight excluding hydrogens is 374 g/mol. The van der Waals surface area contributed by atoms with Gasteiger partial charge in [-0.3, -0.25) is 0 Å². The second-order valence-electron chi connectivity index (χ2n) is 8.68. The molecule has 3 aromatic heterocycles. The lowest BCUT2D eigenvalue weighted by Gasteiger charge is -2.41. The van der Waals surface area contributed by atoms with Crippen LogP contribution < -0.4 is 4.90 Å². The van der Waals surface area contributed by atoms with E-state index in [-0.39, 0.29) is 11.7 Å². The lowest BCUT2D eigenvalue weighted by Crippen LogP contribution is -2.47. The molecular formula is C24H27N5O. The summed E-state index contributed by atoms with van der Waals surface area (Å²) in [6, 6.07) is 8.44. The third-order valence-corrected chi connectivity index (χ3v) is 6.29. The molecule has 1 aromatic carbocycles. The van der Waals surface area contributed by atoms with E-state index in [4.69, 9.17) is 4.42 Å². The molecule has 5 rings (SSSR count). The molecule has 0 spiro atoms. The van der Waals surface area contributed by atoms with E-state index in [0.29, 0.717) is 5.71 Å². The topological polar surface area (TPSA) is 50.3 Å². The third-order valence-electron chi connectivity index (χ3n) is 6.29. The van der Waals surface area contributed by atoms with Crippen molar-refractivity contribution in [1.82, 2.24) is 19.4 Å². The van der Waals surface area contributed by atoms with Crippen LogP contribution in [0, 0.1) is 13.8 Å². The molecule has 4 aromatic rings. The van der Waals surface area contributed by atoms with Crippen molar-refractivity contribution < 1.29 is 4.42 Å². The van der Waals surface area contributed by atoms with Gasteiger partial charge in [0.1, 0.15) is 12.0 Å². The maximum atomic E-state index is 6.30. The summed E-state index contributed by atoms with van der Waals surface area (Å²) in [5, 5.41) is 2.15. The zero-order chi connectivity index (χ0) is 21.2. The van der Waals surface area contributed by atoms with Gasteiger partial charge in [-0.25, -0.2) is 9.97 Å². The highest BCUT2D eigenvalue weighted by Crippen LogP contribution is 2.41. The van der Waals surface area contributed by atoms with Crippen LogP contribution in [-0.2, 0) is 12.6 Å². The lowest BCUT2D eigenvalue weighted by molar-refractivity contribution is 0.140. The van der Waals surface area contributed by atoms with Gasteiger partial charge in [-0.15, -0.1) is 0 Å². The van der Waals surface area contributed by atoms with Crippen LogP contribution in [0.1, 0.15) is 37.9 Å². The minimum Gasteiger partial charge on any atom is -0.435 e. The van der Waals surface area contributed by atoms with E-state index < -0.39 is 0 Å². The number of aromatic nitrogens is 3. The van der Waals surface area contributed by atoms with Crippen LogP contribution in [-0.4, -0.2) is 25.6 Å². The number of pyridine rings is 1. The van der Waals surface area contributed by atoms with E-state index in [0.717, 1.165) is 33.6 Å². The smallest absolute Gasteiger partial charge is 0.227 e. The van der Waals surface area contributed by atoms with Crippen molar-refractivity contribution >= 4 is 27.8 Å². The number of aryl methyl sites for hydroxylation is 3. The average molecular weight is 402 g/mol. The number of anilines is 1. The Hall–Kier alpha value is -3.28. The third kappa shape index (κ3) is 2.56. The Morgan fingerprint density at radius 3 is 2.53 bits per heavy atom. The van der Waals surface area contributed by atoms with Gasteiger partial charge in [-0.1, -0.05) is 12.1 Å². The predicted molar refractivity (Wildman–Crippen MR) is 120 cm³/mol. The van der Waals surface area contributed by atoms with Gasteiger partial charge >= 0.3 is 0 Å². The summed E-state index contributed by atoms with van der Waals surface area (Å²) >= 11 is 0. The van der Waals surface area contributed by atoms with Crippen molar-refractivity contribution in [2.45, 2.75) is 46.3 Å². The van der Waals surface area contributed by atoms with Crippen LogP contribution in [0.3, 0.4) is 0 Å².